The number of carbonyl (C=O) groups is 2. The van der Waals surface area contributed by atoms with E-state index >= 15 is 0 Å². The number of carbonyl (C=O) groups excluding carboxylic acids is 2. The number of ether oxygens (including phenoxy) is 2. The molecule has 4 rings (SSSR count). The third-order valence-corrected chi connectivity index (χ3v) is 4.76. The van der Waals surface area contributed by atoms with E-state index in [2.05, 4.69) is 4.98 Å². The number of benzene rings is 1. The zero-order valence-electron chi connectivity index (χ0n) is 15.2. The first-order valence-electron chi connectivity index (χ1n) is 8.94. The molecule has 2 aliphatic heterocycles. The molecular weight excluding hydrogens is 385 g/mol. The maximum absolute atomic E-state index is 14.7. The van der Waals surface area contributed by atoms with Crippen LogP contribution in [0, 0.1) is 5.82 Å². The molecule has 9 nitrogen and oxygen atoms in total. The summed E-state index contributed by atoms with van der Waals surface area (Å²) in [4.78, 5) is 30.4. The van der Waals surface area contributed by atoms with Crippen LogP contribution < -0.4 is 9.80 Å². The number of nitrogens with zero attached hydrogens (tertiary/aromatic N) is 3. The summed E-state index contributed by atoms with van der Waals surface area (Å²) >= 11 is 0. The van der Waals surface area contributed by atoms with E-state index in [4.69, 9.17) is 19.7 Å². The highest BCUT2D eigenvalue weighted by molar-refractivity contribution is 5.90. The molecule has 0 bridgehead atoms. The van der Waals surface area contributed by atoms with Gasteiger partial charge in [-0.25, -0.2) is 19.0 Å². The van der Waals surface area contributed by atoms with Gasteiger partial charge in [-0.1, -0.05) is 0 Å². The molecule has 1 aromatic heterocycles. The first-order chi connectivity index (χ1) is 14.0. The van der Waals surface area contributed by atoms with Gasteiger partial charge in [0.25, 0.3) is 0 Å². The van der Waals surface area contributed by atoms with Crippen LogP contribution in [-0.2, 0) is 9.47 Å². The van der Waals surface area contributed by atoms with Crippen molar-refractivity contribution in [3.05, 3.63) is 42.3 Å². The molecule has 0 aliphatic carbocycles. The second-order valence-corrected chi connectivity index (χ2v) is 6.67. The zero-order valence-corrected chi connectivity index (χ0v) is 15.2. The van der Waals surface area contributed by atoms with Crippen molar-refractivity contribution in [3.8, 4) is 11.1 Å². The van der Waals surface area contributed by atoms with Crippen LogP contribution in [0.2, 0.25) is 0 Å². The lowest BCUT2D eigenvalue weighted by Gasteiger charge is -2.15. The Morgan fingerprint density at radius 2 is 1.66 bits per heavy atom. The Morgan fingerprint density at radius 3 is 2.21 bits per heavy atom. The number of halogens is 1. The van der Waals surface area contributed by atoms with Gasteiger partial charge in [0.05, 0.1) is 32.0 Å². The highest BCUT2D eigenvalue weighted by Gasteiger charge is 2.33. The number of hydrogen-bond donors (Lipinski definition) is 2. The summed E-state index contributed by atoms with van der Waals surface area (Å²) in [6, 6.07) is 7.50. The number of amides is 2. The van der Waals surface area contributed by atoms with Crippen molar-refractivity contribution in [1.82, 2.24) is 4.98 Å². The van der Waals surface area contributed by atoms with E-state index < -0.39 is 30.2 Å². The van der Waals surface area contributed by atoms with E-state index in [0.29, 0.717) is 17.1 Å². The van der Waals surface area contributed by atoms with E-state index in [1.807, 2.05) is 0 Å². The van der Waals surface area contributed by atoms with E-state index in [0.717, 1.165) is 0 Å². The minimum absolute atomic E-state index is 0.144. The van der Waals surface area contributed by atoms with Gasteiger partial charge in [0.15, 0.2) is 0 Å². The normalized spacial score (nSPS) is 21.5. The molecule has 2 N–H and O–H groups in total. The summed E-state index contributed by atoms with van der Waals surface area (Å²) in [5, 5.41) is 18.2. The number of cyclic esters (lactones) is 2. The third kappa shape index (κ3) is 3.59. The first kappa shape index (κ1) is 19.1. The molecule has 1 aromatic carbocycles. The summed E-state index contributed by atoms with van der Waals surface area (Å²) in [5.74, 6) is -0.222. The number of anilines is 2. The molecule has 2 aromatic rings. The fraction of sp³-hybridized carbons (Fsp3) is 0.316. The van der Waals surface area contributed by atoms with Crippen molar-refractivity contribution in [2.24, 2.45) is 0 Å². The molecule has 2 aliphatic rings. The maximum Gasteiger partial charge on any atom is 0.416 e. The molecular formula is C19H18FN3O6. The minimum atomic E-state index is -0.638. The van der Waals surface area contributed by atoms with Crippen LogP contribution in [0.15, 0.2) is 36.5 Å². The van der Waals surface area contributed by atoms with E-state index in [1.165, 1.54) is 28.1 Å². The zero-order chi connectivity index (χ0) is 20.5. The van der Waals surface area contributed by atoms with Gasteiger partial charge in [-0.3, -0.25) is 9.80 Å². The van der Waals surface area contributed by atoms with Crippen LogP contribution >= 0.6 is 0 Å². The number of aliphatic hydroxyl groups is 2. The Bertz CT molecular complexity index is 938. The largest absolute Gasteiger partial charge is 0.441 e. The predicted molar refractivity (Wildman–Crippen MR) is 99.0 cm³/mol. The third-order valence-electron chi connectivity index (χ3n) is 4.76. The van der Waals surface area contributed by atoms with Gasteiger partial charge in [0.1, 0.15) is 23.8 Å². The fourth-order valence-corrected chi connectivity index (χ4v) is 3.24. The molecule has 0 saturated carbocycles. The van der Waals surface area contributed by atoms with Gasteiger partial charge in [-0.2, -0.15) is 0 Å². The second-order valence-electron chi connectivity index (χ2n) is 6.67. The lowest BCUT2D eigenvalue weighted by atomic mass is 10.1. The summed E-state index contributed by atoms with van der Waals surface area (Å²) in [5.41, 5.74) is 1.09. The Balaban J connectivity index is 1.53. The van der Waals surface area contributed by atoms with Crippen molar-refractivity contribution >= 4 is 23.7 Å². The Morgan fingerprint density at radius 1 is 1.00 bits per heavy atom. The molecule has 2 amide bonds. The molecule has 10 heteroatoms. The Hall–Kier alpha value is -3.24. The summed E-state index contributed by atoms with van der Waals surface area (Å²) in [6.45, 7) is -0.247. The average Bonchev–Trinajstić information content (AvgIpc) is 3.30. The van der Waals surface area contributed by atoms with Crippen LogP contribution in [0.3, 0.4) is 0 Å². The quantitative estimate of drug-likeness (QED) is 0.778. The second kappa shape index (κ2) is 7.64. The van der Waals surface area contributed by atoms with Crippen LogP contribution in [0.25, 0.3) is 11.1 Å². The monoisotopic (exact) mass is 403 g/mol. The molecule has 0 spiro atoms. The topological polar surface area (TPSA) is 112 Å². The van der Waals surface area contributed by atoms with Crippen molar-refractivity contribution in [2.75, 3.05) is 36.1 Å². The number of aromatic nitrogens is 1. The Labute approximate surface area is 164 Å². The highest BCUT2D eigenvalue weighted by Crippen LogP contribution is 2.30. The van der Waals surface area contributed by atoms with E-state index in [9.17, 15) is 14.0 Å². The maximum atomic E-state index is 14.7. The van der Waals surface area contributed by atoms with Gasteiger partial charge in [0.2, 0.25) is 0 Å². The molecule has 2 atom stereocenters. The van der Waals surface area contributed by atoms with Crippen LogP contribution in [0.1, 0.15) is 0 Å². The lowest BCUT2D eigenvalue weighted by molar-refractivity contribution is 0.0960. The van der Waals surface area contributed by atoms with Crippen LogP contribution in [-0.4, -0.2) is 65.9 Å². The summed E-state index contributed by atoms with van der Waals surface area (Å²) in [7, 11) is 0. The molecule has 2 fully saturated rings. The molecule has 0 unspecified atom stereocenters. The van der Waals surface area contributed by atoms with Gasteiger partial charge < -0.3 is 19.7 Å². The van der Waals surface area contributed by atoms with Crippen LogP contribution in [0.5, 0.6) is 0 Å². The Kier molecular flexibility index (Phi) is 5.03. The average molecular weight is 403 g/mol. The van der Waals surface area contributed by atoms with Crippen molar-refractivity contribution in [1.29, 1.82) is 0 Å². The van der Waals surface area contributed by atoms with Crippen LogP contribution in [0.4, 0.5) is 25.5 Å². The fourth-order valence-electron chi connectivity index (χ4n) is 3.24. The van der Waals surface area contributed by atoms with E-state index in [-0.39, 0.29) is 31.9 Å². The standard InChI is InChI=1S/C19H18FN3O6/c20-16-5-12(22-7-13(9-24)28-18(22)26)2-3-15(16)11-1-4-17(21-6-11)23-8-14(10-25)29-19(23)27/h1-6,13-14,24-25H,7-10H2/t13-,14+/m1/s1. The highest BCUT2D eigenvalue weighted by atomic mass is 19.1. The SMILES string of the molecule is O=C1O[C@@H](CO)CN1c1ccc(-c2ccc(N3C[C@@H](CO)OC3=O)nc2)c(F)c1. The lowest BCUT2D eigenvalue weighted by Crippen LogP contribution is -2.26. The molecule has 152 valence electrons. The number of aliphatic hydroxyl groups excluding tert-OH is 2. The molecule has 0 radical (unpaired) electrons. The van der Waals surface area contributed by atoms with Gasteiger partial charge in [0, 0.05) is 17.3 Å². The van der Waals surface area contributed by atoms with Gasteiger partial charge >= 0.3 is 12.2 Å². The van der Waals surface area contributed by atoms with Gasteiger partial charge in [-0.15, -0.1) is 0 Å². The summed E-state index contributed by atoms with van der Waals surface area (Å²) < 4.78 is 24.6. The predicted octanol–water partition coefficient (Wildman–Crippen LogP) is 1.52. The first-order valence-corrected chi connectivity index (χ1v) is 8.94. The van der Waals surface area contributed by atoms with Crippen molar-refractivity contribution in [3.63, 3.8) is 0 Å². The van der Waals surface area contributed by atoms with Gasteiger partial charge in [-0.05, 0) is 30.3 Å². The number of hydrogen-bond acceptors (Lipinski definition) is 7. The minimum Gasteiger partial charge on any atom is -0.441 e. The van der Waals surface area contributed by atoms with Crippen molar-refractivity contribution in [2.45, 2.75) is 12.2 Å². The summed E-state index contributed by atoms with van der Waals surface area (Å²) in [6.07, 6.45) is -1.04. The van der Waals surface area contributed by atoms with E-state index in [1.54, 1.807) is 18.2 Å². The molecule has 29 heavy (non-hydrogen) atoms. The molecule has 3 heterocycles. The van der Waals surface area contributed by atoms with Crippen molar-refractivity contribution < 1.29 is 33.7 Å². The number of rotatable bonds is 5. The number of pyridine rings is 1. The smallest absolute Gasteiger partial charge is 0.416 e. The molecule has 2 saturated heterocycles.